The molecule has 1 aromatic carbocycles. The molecule has 0 aliphatic carbocycles. The monoisotopic (exact) mass is 227 g/mol. The molecule has 84 valence electrons. The van der Waals surface area contributed by atoms with Gasteiger partial charge in [0.1, 0.15) is 17.3 Å². The number of hydrogen-bond donors (Lipinski definition) is 1. The molecular weight excluding hydrogens is 219 g/mol. The van der Waals surface area contributed by atoms with Gasteiger partial charge in [-0.15, -0.1) is 0 Å². The van der Waals surface area contributed by atoms with E-state index in [1.54, 1.807) is 0 Å². The minimum atomic E-state index is -2.68. The van der Waals surface area contributed by atoms with E-state index in [-0.39, 0.29) is 5.82 Å². The lowest BCUT2D eigenvalue weighted by atomic mass is 10.3. The smallest absolute Gasteiger partial charge is 0.282 e. The number of anilines is 1. The molecule has 0 amide bonds. The Kier molecular flexibility index (Phi) is 2.55. The lowest BCUT2D eigenvalue weighted by Crippen LogP contribution is -2.01. The van der Waals surface area contributed by atoms with Crippen molar-refractivity contribution in [1.82, 2.24) is 9.78 Å². The summed E-state index contributed by atoms with van der Waals surface area (Å²) in [6.45, 7) is 0. The fourth-order valence-electron chi connectivity index (χ4n) is 1.31. The molecular formula is C10H8F3N3. The van der Waals surface area contributed by atoms with Gasteiger partial charge in [-0.25, -0.2) is 17.9 Å². The first-order valence-corrected chi connectivity index (χ1v) is 4.47. The molecule has 2 aromatic rings. The molecule has 16 heavy (non-hydrogen) atoms. The Morgan fingerprint density at radius 3 is 2.31 bits per heavy atom. The lowest BCUT2D eigenvalue weighted by molar-refractivity contribution is 0.145. The Bertz CT molecular complexity index is 491. The van der Waals surface area contributed by atoms with Crippen LogP contribution in [0.25, 0.3) is 5.69 Å². The van der Waals surface area contributed by atoms with Crippen LogP contribution in [0.4, 0.5) is 19.0 Å². The van der Waals surface area contributed by atoms with Gasteiger partial charge in [-0.2, -0.15) is 5.10 Å². The summed E-state index contributed by atoms with van der Waals surface area (Å²) in [7, 11) is 0. The van der Waals surface area contributed by atoms with Crippen LogP contribution >= 0.6 is 0 Å². The maximum Gasteiger partial charge on any atom is 0.282 e. The number of nitrogens with two attached hydrogens (primary N) is 1. The molecule has 0 aliphatic heterocycles. The number of rotatable bonds is 2. The van der Waals surface area contributed by atoms with Crippen LogP contribution < -0.4 is 5.73 Å². The number of nitrogens with zero attached hydrogens (tertiary/aromatic N) is 2. The molecule has 0 unspecified atom stereocenters. The molecule has 6 heteroatoms. The normalized spacial score (nSPS) is 11.0. The van der Waals surface area contributed by atoms with Gasteiger partial charge >= 0.3 is 0 Å². The second kappa shape index (κ2) is 3.88. The largest absolute Gasteiger partial charge is 0.384 e. The third kappa shape index (κ3) is 1.86. The summed E-state index contributed by atoms with van der Waals surface area (Å²) in [6, 6.07) is 6.33. The molecule has 1 heterocycles. The van der Waals surface area contributed by atoms with Crippen molar-refractivity contribution in [1.29, 1.82) is 0 Å². The molecule has 0 spiro atoms. The average Bonchev–Trinajstić information content (AvgIpc) is 2.62. The van der Waals surface area contributed by atoms with Crippen LogP contribution in [-0.4, -0.2) is 9.78 Å². The van der Waals surface area contributed by atoms with Gasteiger partial charge in [0.05, 0.1) is 5.69 Å². The third-order valence-electron chi connectivity index (χ3n) is 2.05. The topological polar surface area (TPSA) is 43.8 Å². The molecule has 1 aromatic heterocycles. The highest BCUT2D eigenvalue weighted by Crippen LogP contribution is 2.22. The van der Waals surface area contributed by atoms with Crippen molar-refractivity contribution in [2.24, 2.45) is 0 Å². The summed E-state index contributed by atoms with van der Waals surface area (Å²) >= 11 is 0. The summed E-state index contributed by atoms with van der Waals surface area (Å²) in [5.41, 5.74) is 5.56. The predicted molar refractivity (Wildman–Crippen MR) is 52.9 cm³/mol. The first kappa shape index (κ1) is 10.5. The molecule has 0 fully saturated rings. The molecule has 0 saturated heterocycles. The second-order valence-corrected chi connectivity index (χ2v) is 3.18. The van der Waals surface area contributed by atoms with E-state index in [0.717, 1.165) is 10.7 Å². The zero-order valence-corrected chi connectivity index (χ0v) is 8.07. The van der Waals surface area contributed by atoms with Crippen molar-refractivity contribution in [3.8, 4) is 5.69 Å². The van der Waals surface area contributed by atoms with Gasteiger partial charge < -0.3 is 5.73 Å². The van der Waals surface area contributed by atoms with Crippen LogP contribution in [0.5, 0.6) is 0 Å². The average molecular weight is 227 g/mol. The van der Waals surface area contributed by atoms with Crippen molar-refractivity contribution < 1.29 is 13.2 Å². The molecule has 0 atom stereocenters. The summed E-state index contributed by atoms with van der Waals surface area (Å²) in [4.78, 5) is 0. The zero-order chi connectivity index (χ0) is 11.7. The van der Waals surface area contributed by atoms with E-state index in [1.807, 2.05) is 0 Å². The van der Waals surface area contributed by atoms with Gasteiger partial charge in [0, 0.05) is 6.07 Å². The summed E-state index contributed by atoms with van der Waals surface area (Å²) < 4.78 is 38.5. The second-order valence-electron chi connectivity index (χ2n) is 3.18. The first-order chi connectivity index (χ1) is 7.58. The van der Waals surface area contributed by atoms with Gasteiger partial charge in [0.2, 0.25) is 0 Å². The van der Waals surface area contributed by atoms with Crippen LogP contribution in [0.1, 0.15) is 12.1 Å². The number of benzene rings is 1. The number of hydrogen-bond acceptors (Lipinski definition) is 2. The Balaban J connectivity index is 2.44. The van der Waals surface area contributed by atoms with E-state index < -0.39 is 17.9 Å². The van der Waals surface area contributed by atoms with E-state index in [1.165, 1.54) is 24.3 Å². The van der Waals surface area contributed by atoms with Crippen molar-refractivity contribution in [3.63, 3.8) is 0 Å². The van der Waals surface area contributed by atoms with Gasteiger partial charge in [0.15, 0.2) is 0 Å². The molecule has 0 radical (unpaired) electrons. The number of alkyl halides is 2. The fourth-order valence-corrected chi connectivity index (χ4v) is 1.31. The van der Waals surface area contributed by atoms with Crippen LogP contribution in [0.3, 0.4) is 0 Å². The quantitative estimate of drug-likeness (QED) is 0.856. The maximum absolute atomic E-state index is 12.7. The van der Waals surface area contributed by atoms with Crippen molar-refractivity contribution in [3.05, 3.63) is 41.8 Å². The maximum atomic E-state index is 12.7. The molecule has 0 saturated carbocycles. The van der Waals surface area contributed by atoms with Gasteiger partial charge in [-0.1, -0.05) is 0 Å². The summed E-state index contributed by atoms with van der Waals surface area (Å²) in [5, 5.41) is 3.63. The molecule has 2 N–H and O–H groups in total. The van der Waals surface area contributed by atoms with E-state index in [4.69, 9.17) is 5.73 Å². The van der Waals surface area contributed by atoms with Gasteiger partial charge in [-0.05, 0) is 24.3 Å². The minimum absolute atomic E-state index is 0.0851. The fraction of sp³-hybridized carbons (Fsp3) is 0.100. The van der Waals surface area contributed by atoms with Crippen LogP contribution in [0, 0.1) is 5.82 Å². The number of nitrogen functional groups attached to an aromatic ring is 1. The molecule has 0 bridgehead atoms. The highest BCUT2D eigenvalue weighted by molar-refractivity contribution is 5.43. The number of halogens is 3. The summed E-state index contributed by atoms with van der Waals surface area (Å²) in [6.07, 6.45) is -2.68. The highest BCUT2D eigenvalue weighted by atomic mass is 19.3. The SMILES string of the molecule is Nc1cc(C(F)F)nn1-c1ccc(F)cc1. The van der Waals surface area contributed by atoms with Gasteiger partial charge in [0.25, 0.3) is 6.43 Å². The van der Waals surface area contributed by atoms with E-state index in [0.29, 0.717) is 5.69 Å². The van der Waals surface area contributed by atoms with E-state index >= 15 is 0 Å². The van der Waals surface area contributed by atoms with E-state index in [9.17, 15) is 13.2 Å². The van der Waals surface area contributed by atoms with Crippen molar-refractivity contribution in [2.45, 2.75) is 6.43 Å². The third-order valence-corrected chi connectivity index (χ3v) is 2.05. The van der Waals surface area contributed by atoms with Crippen LogP contribution in [-0.2, 0) is 0 Å². The summed E-state index contributed by atoms with van der Waals surface area (Å²) in [5.74, 6) is -0.328. The zero-order valence-electron chi connectivity index (χ0n) is 8.07. The highest BCUT2D eigenvalue weighted by Gasteiger charge is 2.14. The van der Waals surface area contributed by atoms with Crippen LogP contribution in [0.15, 0.2) is 30.3 Å². The van der Waals surface area contributed by atoms with Gasteiger partial charge in [-0.3, -0.25) is 0 Å². The lowest BCUT2D eigenvalue weighted by Gasteiger charge is -2.02. The Hall–Kier alpha value is -1.98. The Morgan fingerprint density at radius 2 is 1.81 bits per heavy atom. The van der Waals surface area contributed by atoms with Crippen molar-refractivity contribution in [2.75, 3.05) is 5.73 Å². The first-order valence-electron chi connectivity index (χ1n) is 4.47. The minimum Gasteiger partial charge on any atom is -0.384 e. The predicted octanol–water partition coefficient (Wildman–Crippen LogP) is 2.53. The van der Waals surface area contributed by atoms with Crippen LogP contribution in [0.2, 0.25) is 0 Å². The standard InChI is InChI=1S/C10H8F3N3/c11-6-1-3-7(4-2-6)16-9(14)5-8(15-16)10(12)13/h1-5,10H,14H2. The Morgan fingerprint density at radius 1 is 1.19 bits per heavy atom. The molecule has 0 aliphatic rings. The molecule has 2 rings (SSSR count). The number of aromatic nitrogens is 2. The van der Waals surface area contributed by atoms with Crippen molar-refractivity contribution >= 4 is 5.82 Å². The Labute approximate surface area is 89.3 Å². The molecule has 3 nitrogen and oxygen atoms in total. The van der Waals surface area contributed by atoms with E-state index in [2.05, 4.69) is 5.10 Å².